The van der Waals surface area contributed by atoms with Crippen LogP contribution in [0.3, 0.4) is 0 Å². The molecule has 0 bridgehead atoms. The van der Waals surface area contributed by atoms with Crippen LogP contribution in [0.15, 0.2) is 42.7 Å². The quantitative estimate of drug-likeness (QED) is 0.890. The van der Waals surface area contributed by atoms with Gasteiger partial charge < -0.3 is 9.88 Å². The third-order valence-corrected chi connectivity index (χ3v) is 4.89. The zero-order valence-corrected chi connectivity index (χ0v) is 13.7. The predicted octanol–water partition coefficient (Wildman–Crippen LogP) is 3.28. The van der Waals surface area contributed by atoms with Gasteiger partial charge in [-0.1, -0.05) is 43.2 Å². The van der Waals surface area contributed by atoms with Crippen molar-refractivity contribution in [3.8, 4) is 0 Å². The van der Waals surface area contributed by atoms with Crippen molar-refractivity contribution in [2.45, 2.75) is 45.1 Å². The molecular formula is C19H25N3O. The summed E-state index contributed by atoms with van der Waals surface area (Å²) in [5, 5.41) is 3.14. The summed E-state index contributed by atoms with van der Waals surface area (Å²) in [6.45, 7) is 3.39. The molecule has 4 heteroatoms. The normalized spacial score (nSPS) is 16.4. The van der Waals surface area contributed by atoms with Crippen LogP contribution in [0.2, 0.25) is 0 Å². The number of nitrogens with one attached hydrogen (secondary N) is 1. The number of carbonyl (C=O) groups excluding carboxylic acids is 1. The minimum absolute atomic E-state index is 0.0115. The summed E-state index contributed by atoms with van der Waals surface area (Å²) in [6, 6.07) is 10.2. The van der Waals surface area contributed by atoms with Crippen LogP contribution < -0.4 is 5.32 Å². The first-order valence-electron chi connectivity index (χ1n) is 8.56. The number of amides is 1. The van der Waals surface area contributed by atoms with Crippen molar-refractivity contribution in [1.82, 2.24) is 14.9 Å². The van der Waals surface area contributed by atoms with Crippen molar-refractivity contribution in [3.05, 3.63) is 54.1 Å². The van der Waals surface area contributed by atoms with E-state index in [1.54, 1.807) is 6.20 Å². The van der Waals surface area contributed by atoms with E-state index in [1.807, 2.05) is 31.3 Å². The molecule has 0 aliphatic heterocycles. The molecule has 1 N–H and O–H groups in total. The van der Waals surface area contributed by atoms with Gasteiger partial charge in [0, 0.05) is 25.5 Å². The lowest BCUT2D eigenvalue weighted by atomic mass is 9.84. The van der Waals surface area contributed by atoms with E-state index in [2.05, 4.69) is 27.0 Å². The third-order valence-electron chi connectivity index (χ3n) is 4.89. The topological polar surface area (TPSA) is 46.9 Å². The lowest BCUT2D eigenvalue weighted by Crippen LogP contribution is -2.34. The summed E-state index contributed by atoms with van der Waals surface area (Å²) < 4.78 is 2.06. The molecule has 1 aromatic heterocycles. The fraction of sp³-hybridized carbons (Fsp3) is 0.474. The Kier molecular flexibility index (Phi) is 5.11. The second-order valence-corrected chi connectivity index (χ2v) is 6.39. The van der Waals surface area contributed by atoms with Crippen molar-refractivity contribution in [2.75, 3.05) is 6.54 Å². The number of aromatic nitrogens is 2. The first-order chi connectivity index (χ1) is 11.3. The number of hydrogen-bond acceptors (Lipinski definition) is 2. The highest BCUT2D eigenvalue weighted by Gasteiger charge is 2.31. The van der Waals surface area contributed by atoms with Crippen molar-refractivity contribution in [1.29, 1.82) is 0 Å². The molecule has 3 rings (SSSR count). The zero-order valence-electron chi connectivity index (χ0n) is 13.7. The SMILES string of the molecule is Cc1nccn1CCNC(=O)C(c1ccccc1)C1CCCC1. The van der Waals surface area contributed by atoms with E-state index in [1.165, 1.54) is 12.8 Å². The summed E-state index contributed by atoms with van der Waals surface area (Å²) >= 11 is 0. The molecule has 1 fully saturated rings. The summed E-state index contributed by atoms with van der Waals surface area (Å²) in [7, 11) is 0. The maximum atomic E-state index is 12.8. The highest BCUT2D eigenvalue weighted by Crippen LogP contribution is 2.37. The Labute approximate surface area is 137 Å². The first-order valence-corrected chi connectivity index (χ1v) is 8.56. The number of hydrogen-bond donors (Lipinski definition) is 1. The van der Waals surface area contributed by atoms with Gasteiger partial charge in [-0.15, -0.1) is 0 Å². The number of nitrogens with zero attached hydrogens (tertiary/aromatic N) is 2. The Bertz CT molecular complexity index is 629. The number of benzene rings is 1. The van der Waals surface area contributed by atoms with Gasteiger partial charge in [-0.2, -0.15) is 0 Å². The Morgan fingerprint density at radius 2 is 2.04 bits per heavy atom. The third kappa shape index (κ3) is 3.81. The molecule has 122 valence electrons. The van der Waals surface area contributed by atoms with Crippen molar-refractivity contribution in [2.24, 2.45) is 5.92 Å². The van der Waals surface area contributed by atoms with E-state index < -0.39 is 0 Å². The van der Waals surface area contributed by atoms with Gasteiger partial charge in [-0.3, -0.25) is 4.79 Å². The number of aryl methyl sites for hydroxylation is 1. The molecule has 0 radical (unpaired) electrons. The Hall–Kier alpha value is -2.10. The predicted molar refractivity (Wildman–Crippen MR) is 91.1 cm³/mol. The minimum atomic E-state index is -0.0115. The van der Waals surface area contributed by atoms with Crippen LogP contribution >= 0.6 is 0 Å². The van der Waals surface area contributed by atoms with Gasteiger partial charge in [0.25, 0.3) is 0 Å². The lowest BCUT2D eigenvalue weighted by Gasteiger charge is -2.23. The molecule has 1 saturated carbocycles. The molecule has 1 amide bonds. The van der Waals surface area contributed by atoms with Gasteiger partial charge in [0.05, 0.1) is 5.92 Å². The average Bonchev–Trinajstić information content (AvgIpc) is 3.21. The molecule has 0 spiro atoms. The Morgan fingerprint density at radius 3 is 2.70 bits per heavy atom. The Balaban J connectivity index is 1.64. The van der Waals surface area contributed by atoms with Crippen LogP contribution in [0.5, 0.6) is 0 Å². The number of imidazole rings is 1. The smallest absolute Gasteiger partial charge is 0.227 e. The van der Waals surface area contributed by atoms with Crippen LogP contribution in [-0.4, -0.2) is 22.0 Å². The zero-order chi connectivity index (χ0) is 16.1. The highest BCUT2D eigenvalue weighted by atomic mass is 16.1. The molecule has 1 heterocycles. The Morgan fingerprint density at radius 1 is 1.30 bits per heavy atom. The molecule has 4 nitrogen and oxygen atoms in total. The molecular weight excluding hydrogens is 286 g/mol. The van der Waals surface area contributed by atoms with Gasteiger partial charge >= 0.3 is 0 Å². The molecule has 1 unspecified atom stereocenters. The second kappa shape index (κ2) is 7.44. The summed E-state index contributed by atoms with van der Waals surface area (Å²) in [4.78, 5) is 17.0. The maximum absolute atomic E-state index is 12.8. The van der Waals surface area contributed by atoms with Crippen molar-refractivity contribution in [3.63, 3.8) is 0 Å². The van der Waals surface area contributed by atoms with Gasteiger partial charge in [0.2, 0.25) is 5.91 Å². The molecule has 1 aliphatic rings. The fourth-order valence-corrected chi connectivity index (χ4v) is 3.64. The van der Waals surface area contributed by atoms with Gasteiger partial charge in [-0.25, -0.2) is 4.98 Å². The molecule has 2 aromatic rings. The summed E-state index contributed by atoms with van der Waals surface area (Å²) in [6.07, 6.45) is 8.56. The maximum Gasteiger partial charge on any atom is 0.227 e. The second-order valence-electron chi connectivity index (χ2n) is 6.39. The van der Waals surface area contributed by atoms with Crippen LogP contribution in [-0.2, 0) is 11.3 Å². The molecule has 23 heavy (non-hydrogen) atoms. The monoisotopic (exact) mass is 311 g/mol. The molecule has 0 saturated heterocycles. The van der Waals surface area contributed by atoms with E-state index >= 15 is 0 Å². The minimum Gasteiger partial charge on any atom is -0.354 e. The van der Waals surface area contributed by atoms with E-state index in [0.29, 0.717) is 12.5 Å². The fourth-order valence-electron chi connectivity index (χ4n) is 3.64. The highest BCUT2D eigenvalue weighted by molar-refractivity contribution is 5.84. The van der Waals surface area contributed by atoms with Crippen LogP contribution in [0.4, 0.5) is 0 Å². The van der Waals surface area contributed by atoms with Gasteiger partial charge in [-0.05, 0) is 31.2 Å². The average molecular weight is 311 g/mol. The summed E-state index contributed by atoms with van der Waals surface area (Å²) in [5.41, 5.74) is 1.15. The van der Waals surface area contributed by atoms with E-state index in [9.17, 15) is 4.79 Å². The van der Waals surface area contributed by atoms with E-state index in [0.717, 1.165) is 30.8 Å². The van der Waals surface area contributed by atoms with Crippen LogP contribution in [0.25, 0.3) is 0 Å². The molecule has 1 atom stereocenters. The van der Waals surface area contributed by atoms with E-state index in [-0.39, 0.29) is 11.8 Å². The van der Waals surface area contributed by atoms with E-state index in [4.69, 9.17) is 0 Å². The lowest BCUT2D eigenvalue weighted by molar-refractivity contribution is -0.123. The first kappa shape index (κ1) is 15.8. The number of carbonyl (C=O) groups is 1. The summed E-state index contributed by atoms with van der Waals surface area (Å²) in [5.74, 6) is 1.62. The van der Waals surface area contributed by atoms with Gasteiger partial charge in [0.1, 0.15) is 5.82 Å². The largest absolute Gasteiger partial charge is 0.354 e. The van der Waals surface area contributed by atoms with Crippen molar-refractivity contribution < 1.29 is 4.79 Å². The number of rotatable bonds is 6. The molecule has 1 aliphatic carbocycles. The van der Waals surface area contributed by atoms with Gasteiger partial charge in [0.15, 0.2) is 0 Å². The standard InChI is InChI=1S/C19H25N3O/c1-15-20-11-13-22(15)14-12-21-19(23)18(17-9-5-6-10-17)16-7-3-2-4-8-16/h2-4,7-8,11,13,17-18H,5-6,9-10,12,14H2,1H3,(H,21,23). The van der Waals surface area contributed by atoms with Crippen LogP contribution in [0.1, 0.15) is 43.0 Å². The molecule has 1 aromatic carbocycles. The van der Waals surface area contributed by atoms with Crippen molar-refractivity contribution >= 4 is 5.91 Å². The van der Waals surface area contributed by atoms with Crippen LogP contribution in [0, 0.1) is 12.8 Å².